The molecule has 242 valence electrons. The van der Waals surface area contributed by atoms with Crippen molar-refractivity contribution in [3.05, 3.63) is 186 Å². The van der Waals surface area contributed by atoms with E-state index in [0.29, 0.717) is 5.95 Å². The first-order chi connectivity index (χ1) is 25.8. The van der Waals surface area contributed by atoms with Crippen LogP contribution in [0.3, 0.4) is 0 Å². The van der Waals surface area contributed by atoms with Crippen LogP contribution >= 0.6 is 0 Å². The molecule has 3 aromatic heterocycles. The van der Waals surface area contributed by atoms with Gasteiger partial charge in [0, 0.05) is 49.4 Å². The van der Waals surface area contributed by atoms with Gasteiger partial charge in [-0.25, -0.2) is 9.97 Å². The molecule has 0 saturated heterocycles. The Bertz CT molecular complexity index is 3070. The van der Waals surface area contributed by atoms with Gasteiger partial charge in [0.2, 0.25) is 5.95 Å². The van der Waals surface area contributed by atoms with Crippen molar-refractivity contribution in [2.24, 2.45) is 0 Å². The monoisotopic (exact) mass is 665 g/mol. The van der Waals surface area contributed by atoms with Gasteiger partial charge in [-0.1, -0.05) is 133 Å². The smallest absolute Gasteiger partial charge is 0.235 e. The second-order valence-corrected chi connectivity index (χ2v) is 13.6. The van der Waals surface area contributed by atoms with Gasteiger partial charge in [0.15, 0.2) is 5.58 Å². The Hall–Kier alpha value is -6.98. The third-order valence-electron chi connectivity index (χ3n) is 11.1. The fourth-order valence-corrected chi connectivity index (χ4v) is 9.05. The molecule has 0 radical (unpaired) electrons. The fourth-order valence-electron chi connectivity index (χ4n) is 9.05. The third-order valence-corrected chi connectivity index (χ3v) is 11.1. The van der Waals surface area contributed by atoms with Gasteiger partial charge < -0.3 is 9.15 Å². The van der Waals surface area contributed by atoms with Gasteiger partial charge >= 0.3 is 0 Å². The zero-order valence-electron chi connectivity index (χ0n) is 27.7. The molecule has 2 aliphatic rings. The topological polar surface area (TPSA) is 53.1 Å². The van der Waals surface area contributed by atoms with Crippen LogP contribution in [-0.4, -0.2) is 14.5 Å². The fraction of sp³-hybridized carbons (Fsp3) is 0.0213. The first-order valence-electron chi connectivity index (χ1n) is 17.6. The average Bonchev–Trinajstić information content (AvgIpc) is 3.85. The average molecular weight is 666 g/mol. The Morgan fingerprint density at radius 2 is 1.13 bits per heavy atom. The number of hydrogen-bond donors (Lipinski definition) is 0. The van der Waals surface area contributed by atoms with E-state index >= 15 is 0 Å². The lowest BCUT2D eigenvalue weighted by molar-refractivity contribution is 0.436. The van der Waals surface area contributed by atoms with Crippen molar-refractivity contribution in [3.8, 4) is 40.0 Å². The molecule has 0 amide bonds. The molecule has 7 aromatic carbocycles. The Labute approximate surface area is 298 Å². The number of hydrogen-bond acceptors (Lipinski definition) is 4. The molecule has 0 unspecified atom stereocenters. The molecule has 0 fully saturated rings. The maximum atomic E-state index is 7.28. The van der Waals surface area contributed by atoms with E-state index in [9.17, 15) is 0 Å². The summed E-state index contributed by atoms with van der Waals surface area (Å²) in [5, 5.41) is 4.27. The SMILES string of the molecule is c1ccc(-c2nc(-n3c4ccccc4c4ccc5c6c(oc5c43)-c3ccccc3C63c4ccccc4Oc4ccccc43)nc3ccccc23)cc1. The molecule has 1 spiro atoms. The van der Waals surface area contributed by atoms with Crippen LogP contribution in [0.4, 0.5) is 0 Å². The van der Waals surface area contributed by atoms with Crippen molar-refractivity contribution in [1.82, 2.24) is 14.5 Å². The summed E-state index contributed by atoms with van der Waals surface area (Å²) < 4.78 is 16.1. The van der Waals surface area contributed by atoms with Gasteiger partial charge in [0.25, 0.3) is 0 Å². The van der Waals surface area contributed by atoms with Crippen LogP contribution in [-0.2, 0) is 5.41 Å². The summed E-state index contributed by atoms with van der Waals surface area (Å²) in [7, 11) is 0. The Kier molecular flexibility index (Phi) is 5.37. The molecule has 12 rings (SSSR count). The lowest BCUT2D eigenvalue weighted by atomic mass is 9.66. The van der Waals surface area contributed by atoms with Crippen molar-refractivity contribution in [1.29, 1.82) is 0 Å². The molecule has 1 aliphatic carbocycles. The van der Waals surface area contributed by atoms with E-state index in [1.165, 1.54) is 5.56 Å². The van der Waals surface area contributed by atoms with E-state index in [2.05, 4.69) is 138 Å². The molecule has 0 saturated carbocycles. The van der Waals surface area contributed by atoms with Gasteiger partial charge in [-0.3, -0.25) is 4.57 Å². The summed E-state index contributed by atoms with van der Waals surface area (Å²) in [6.45, 7) is 0. The van der Waals surface area contributed by atoms with Crippen LogP contribution in [0, 0.1) is 0 Å². The summed E-state index contributed by atoms with van der Waals surface area (Å²) in [4.78, 5) is 10.6. The molecule has 0 bridgehead atoms. The van der Waals surface area contributed by atoms with Gasteiger partial charge in [0.05, 0.1) is 22.1 Å². The number of nitrogens with zero attached hydrogens (tertiary/aromatic N) is 3. The highest BCUT2D eigenvalue weighted by Crippen LogP contribution is 2.64. The van der Waals surface area contributed by atoms with Crippen LogP contribution in [0.5, 0.6) is 11.5 Å². The molecular weight excluding hydrogens is 639 g/mol. The van der Waals surface area contributed by atoms with E-state index in [-0.39, 0.29) is 0 Å². The van der Waals surface area contributed by atoms with Crippen molar-refractivity contribution in [2.45, 2.75) is 5.41 Å². The van der Waals surface area contributed by atoms with Gasteiger partial charge in [-0.05, 0) is 35.9 Å². The van der Waals surface area contributed by atoms with Crippen molar-refractivity contribution in [2.75, 3.05) is 0 Å². The molecule has 0 atom stereocenters. The van der Waals surface area contributed by atoms with Crippen molar-refractivity contribution < 1.29 is 9.15 Å². The zero-order chi connectivity index (χ0) is 34.0. The van der Waals surface area contributed by atoms with Crippen LogP contribution in [0.15, 0.2) is 168 Å². The minimum Gasteiger partial charge on any atom is -0.457 e. The largest absolute Gasteiger partial charge is 0.457 e. The lowest BCUT2D eigenvalue weighted by Gasteiger charge is -2.38. The highest BCUT2D eigenvalue weighted by molar-refractivity contribution is 6.19. The van der Waals surface area contributed by atoms with E-state index in [4.69, 9.17) is 19.1 Å². The second kappa shape index (κ2) is 10.1. The highest BCUT2D eigenvalue weighted by Gasteiger charge is 2.54. The van der Waals surface area contributed by atoms with E-state index in [1.807, 2.05) is 30.3 Å². The number of benzene rings is 7. The number of furan rings is 1. The molecule has 5 heteroatoms. The predicted octanol–water partition coefficient (Wildman–Crippen LogP) is 11.6. The zero-order valence-corrected chi connectivity index (χ0v) is 27.7. The maximum absolute atomic E-state index is 7.28. The van der Waals surface area contributed by atoms with Gasteiger partial charge in [0.1, 0.15) is 22.8 Å². The van der Waals surface area contributed by atoms with Crippen molar-refractivity contribution in [3.63, 3.8) is 0 Å². The number of aromatic nitrogens is 3. The van der Waals surface area contributed by atoms with Crippen LogP contribution in [0.25, 0.3) is 72.2 Å². The van der Waals surface area contributed by atoms with Crippen LogP contribution in [0.1, 0.15) is 22.3 Å². The number of rotatable bonds is 2. The molecular formula is C47H27N3O2. The summed E-state index contributed by atoms with van der Waals surface area (Å²) in [6.07, 6.45) is 0. The minimum absolute atomic E-state index is 0.602. The molecule has 1 aliphatic heterocycles. The van der Waals surface area contributed by atoms with Crippen LogP contribution < -0.4 is 4.74 Å². The molecule has 5 nitrogen and oxygen atoms in total. The first kappa shape index (κ1) is 27.8. The molecule has 52 heavy (non-hydrogen) atoms. The van der Waals surface area contributed by atoms with Crippen LogP contribution in [0.2, 0.25) is 0 Å². The number of fused-ring (bicyclic) bond motifs is 16. The van der Waals surface area contributed by atoms with Crippen molar-refractivity contribution >= 4 is 43.7 Å². The summed E-state index contributed by atoms with van der Waals surface area (Å²) >= 11 is 0. The highest BCUT2D eigenvalue weighted by atomic mass is 16.5. The number of para-hydroxylation sites is 4. The van der Waals surface area contributed by atoms with Gasteiger partial charge in [-0.15, -0.1) is 0 Å². The quantitative estimate of drug-likeness (QED) is 0.184. The lowest BCUT2D eigenvalue weighted by Crippen LogP contribution is -2.32. The second-order valence-electron chi connectivity index (χ2n) is 13.6. The molecule has 10 aromatic rings. The summed E-state index contributed by atoms with van der Waals surface area (Å²) in [6, 6.07) is 57.2. The Morgan fingerprint density at radius 3 is 1.94 bits per heavy atom. The molecule has 0 N–H and O–H groups in total. The Balaban J connectivity index is 1.25. The summed E-state index contributed by atoms with van der Waals surface area (Å²) in [5.41, 5.74) is 10.6. The maximum Gasteiger partial charge on any atom is 0.235 e. The van der Waals surface area contributed by atoms with E-state index in [0.717, 1.165) is 94.4 Å². The standard InChI is InChI=1S/C47H27N3O2/c1-2-14-28(15-3-1)42-32-18-5-10-22-37(32)48-46(49-42)50-38-23-11-6-16-29(38)30-26-27-33-41-44(52-45(33)43(30)50)31-17-4-7-19-34(31)47(41)35-20-8-12-24-39(35)51-40-25-13-9-21-36(40)47/h1-27H. The van der Waals surface area contributed by atoms with E-state index in [1.54, 1.807) is 0 Å². The minimum atomic E-state index is -0.646. The summed E-state index contributed by atoms with van der Waals surface area (Å²) in [5.74, 6) is 3.19. The third kappa shape index (κ3) is 3.42. The van der Waals surface area contributed by atoms with Gasteiger partial charge in [-0.2, -0.15) is 0 Å². The van der Waals surface area contributed by atoms with E-state index < -0.39 is 5.41 Å². The number of ether oxygens (including phenoxy) is 1. The normalized spacial score (nSPS) is 13.7. The first-order valence-corrected chi connectivity index (χ1v) is 17.6. The predicted molar refractivity (Wildman–Crippen MR) is 206 cm³/mol. The Morgan fingerprint density at radius 1 is 0.500 bits per heavy atom. The molecule has 4 heterocycles.